The van der Waals surface area contributed by atoms with E-state index in [0.717, 1.165) is 12.8 Å². The van der Waals surface area contributed by atoms with Crippen LogP contribution in [0.25, 0.3) is 0 Å². The predicted octanol–water partition coefficient (Wildman–Crippen LogP) is 2.78. The second-order valence-electron chi connectivity index (χ2n) is 7.44. The second-order valence-corrected chi connectivity index (χ2v) is 9.09. The van der Waals surface area contributed by atoms with E-state index in [1.807, 2.05) is 0 Å². The van der Waals surface area contributed by atoms with E-state index < -0.39 is 10.0 Å². The Bertz CT molecular complexity index is 658. The van der Waals surface area contributed by atoms with E-state index in [-0.39, 0.29) is 21.8 Å². The van der Waals surface area contributed by atoms with Crippen molar-refractivity contribution < 1.29 is 12.9 Å². The van der Waals surface area contributed by atoms with Crippen LogP contribution in [0.4, 0.5) is 0 Å². The molecule has 118 valence electrons. The summed E-state index contributed by atoms with van der Waals surface area (Å²) in [4.78, 5) is 0.201. The van der Waals surface area contributed by atoms with Crippen molar-refractivity contribution in [3.8, 4) is 0 Å². The average molecular weight is 312 g/mol. The van der Waals surface area contributed by atoms with Crippen molar-refractivity contribution in [2.24, 2.45) is 16.7 Å². The molecule has 3 rings (SSSR count). The first kappa shape index (κ1) is 15.0. The first-order valence-electron chi connectivity index (χ1n) is 7.55. The monoisotopic (exact) mass is 312 g/mol. The normalized spacial score (nSPS) is 34.5. The molecule has 21 heavy (non-hydrogen) atoms. The predicted molar refractivity (Wildman–Crippen MR) is 79.3 cm³/mol. The summed E-state index contributed by atoms with van der Waals surface area (Å²) in [6.45, 7) is 10.1. The topological polar surface area (TPSA) is 72.2 Å². The number of aromatic nitrogens is 1. The highest BCUT2D eigenvalue weighted by atomic mass is 32.2. The van der Waals surface area contributed by atoms with Crippen molar-refractivity contribution in [2.75, 3.05) is 0 Å². The van der Waals surface area contributed by atoms with E-state index in [9.17, 15) is 8.42 Å². The van der Waals surface area contributed by atoms with E-state index in [2.05, 4.69) is 30.6 Å². The highest BCUT2D eigenvalue weighted by Gasteiger charge is 2.62. The van der Waals surface area contributed by atoms with Crippen molar-refractivity contribution in [2.45, 2.75) is 64.8 Å². The number of hydrogen-bond acceptors (Lipinski definition) is 4. The molecule has 0 aromatic carbocycles. The molecule has 0 radical (unpaired) electrons. The molecule has 0 unspecified atom stereocenters. The Morgan fingerprint density at radius 3 is 2.38 bits per heavy atom. The third kappa shape index (κ3) is 1.91. The summed E-state index contributed by atoms with van der Waals surface area (Å²) in [5.74, 6) is 0.951. The van der Waals surface area contributed by atoms with E-state index in [1.54, 1.807) is 13.8 Å². The van der Waals surface area contributed by atoms with Crippen LogP contribution in [0, 0.1) is 30.6 Å². The van der Waals surface area contributed by atoms with Gasteiger partial charge in [-0.25, -0.2) is 13.1 Å². The highest BCUT2D eigenvalue weighted by molar-refractivity contribution is 7.89. The molecule has 0 spiro atoms. The molecule has 0 saturated heterocycles. The molecule has 2 fully saturated rings. The van der Waals surface area contributed by atoms with Crippen LogP contribution in [0.2, 0.25) is 0 Å². The SMILES string of the molecule is Cc1noc(C)c1S(=O)(=O)N[C@@H]1C[C@H]2CC[C@@]1(C)C2(C)C. The Morgan fingerprint density at radius 2 is 1.95 bits per heavy atom. The number of aryl methyl sites for hydroxylation is 2. The second kappa shape index (κ2) is 4.32. The molecule has 3 atom stereocenters. The van der Waals surface area contributed by atoms with Gasteiger partial charge < -0.3 is 4.52 Å². The molecule has 2 aliphatic rings. The van der Waals surface area contributed by atoms with Gasteiger partial charge in [-0.1, -0.05) is 25.9 Å². The fraction of sp³-hybridized carbons (Fsp3) is 0.800. The van der Waals surface area contributed by atoms with Crippen LogP contribution in [-0.2, 0) is 10.0 Å². The molecule has 2 aliphatic carbocycles. The van der Waals surface area contributed by atoms with Crippen LogP contribution in [0.5, 0.6) is 0 Å². The summed E-state index contributed by atoms with van der Waals surface area (Å²) in [6.07, 6.45) is 3.21. The molecular formula is C15H24N2O3S. The van der Waals surface area contributed by atoms with Gasteiger partial charge in [0.2, 0.25) is 10.0 Å². The van der Waals surface area contributed by atoms with Crippen LogP contribution < -0.4 is 4.72 Å². The van der Waals surface area contributed by atoms with Gasteiger partial charge in [0, 0.05) is 6.04 Å². The molecule has 2 saturated carbocycles. The van der Waals surface area contributed by atoms with E-state index in [0.29, 0.717) is 17.4 Å². The summed E-state index contributed by atoms with van der Waals surface area (Å²) >= 11 is 0. The lowest BCUT2D eigenvalue weighted by atomic mass is 9.69. The Labute approximate surface area is 126 Å². The molecule has 5 nitrogen and oxygen atoms in total. The maximum absolute atomic E-state index is 12.7. The quantitative estimate of drug-likeness (QED) is 0.931. The van der Waals surface area contributed by atoms with Crippen LogP contribution in [-0.4, -0.2) is 19.6 Å². The van der Waals surface area contributed by atoms with Gasteiger partial charge in [-0.15, -0.1) is 0 Å². The molecule has 0 amide bonds. The zero-order valence-electron chi connectivity index (χ0n) is 13.4. The van der Waals surface area contributed by atoms with Gasteiger partial charge in [0.15, 0.2) is 5.76 Å². The molecule has 1 heterocycles. The van der Waals surface area contributed by atoms with Crippen molar-refractivity contribution >= 4 is 10.0 Å². The number of nitrogens with zero attached hydrogens (tertiary/aromatic N) is 1. The summed E-state index contributed by atoms with van der Waals surface area (Å²) in [5, 5.41) is 3.76. The van der Waals surface area contributed by atoms with Crippen molar-refractivity contribution in [3.05, 3.63) is 11.5 Å². The minimum Gasteiger partial charge on any atom is -0.360 e. The smallest absolute Gasteiger partial charge is 0.246 e. The molecule has 1 aromatic rings. The van der Waals surface area contributed by atoms with E-state index >= 15 is 0 Å². The molecule has 6 heteroatoms. The third-order valence-corrected chi connectivity index (χ3v) is 8.04. The zero-order chi connectivity index (χ0) is 15.6. The number of sulfonamides is 1. The highest BCUT2D eigenvalue weighted by Crippen LogP contribution is 2.65. The van der Waals surface area contributed by atoms with Crippen molar-refractivity contribution in [1.29, 1.82) is 0 Å². The Hall–Kier alpha value is -0.880. The lowest BCUT2D eigenvalue weighted by Gasteiger charge is -2.39. The maximum atomic E-state index is 12.7. The fourth-order valence-electron chi connectivity index (χ4n) is 4.49. The van der Waals surface area contributed by atoms with Gasteiger partial charge in [0.1, 0.15) is 10.6 Å². The van der Waals surface area contributed by atoms with Gasteiger partial charge >= 0.3 is 0 Å². The van der Waals surface area contributed by atoms with Gasteiger partial charge in [-0.05, 0) is 49.9 Å². The number of hydrogen-bond donors (Lipinski definition) is 1. The van der Waals surface area contributed by atoms with Crippen LogP contribution in [0.1, 0.15) is 51.5 Å². The molecular weight excluding hydrogens is 288 g/mol. The fourth-order valence-corrected chi connectivity index (χ4v) is 6.18. The summed E-state index contributed by atoms with van der Waals surface area (Å²) in [7, 11) is -3.58. The van der Waals surface area contributed by atoms with Crippen LogP contribution in [0.3, 0.4) is 0 Å². The van der Waals surface area contributed by atoms with Gasteiger partial charge in [-0.3, -0.25) is 0 Å². The summed E-state index contributed by atoms with van der Waals surface area (Å²) < 4.78 is 33.4. The minimum absolute atomic E-state index is 0.00931. The van der Waals surface area contributed by atoms with Gasteiger partial charge in [0.25, 0.3) is 0 Å². The van der Waals surface area contributed by atoms with Crippen molar-refractivity contribution in [3.63, 3.8) is 0 Å². The maximum Gasteiger partial charge on any atom is 0.246 e. The largest absolute Gasteiger partial charge is 0.360 e. The number of rotatable bonds is 3. The molecule has 2 bridgehead atoms. The molecule has 1 aromatic heterocycles. The van der Waals surface area contributed by atoms with Gasteiger partial charge in [-0.2, -0.15) is 0 Å². The summed E-state index contributed by atoms with van der Waals surface area (Å²) in [6, 6.07) is -0.00931. The van der Waals surface area contributed by atoms with Crippen LogP contribution in [0.15, 0.2) is 9.42 Å². The Morgan fingerprint density at radius 1 is 1.29 bits per heavy atom. The lowest BCUT2D eigenvalue weighted by molar-refractivity contribution is 0.130. The summed E-state index contributed by atoms with van der Waals surface area (Å²) in [5.41, 5.74) is 0.621. The first-order chi connectivity index (χ1) is 9.59. The van der Waals surface area contributed by atoms with Gasteiger partial charge in [0.05, 0.1) is 0 Å². The average Bonchev–Trinajstić information content (AvgIpc) is 2.87. The lowest BCUT2D eigenvalue weighted by Crippen LogP contribution is -2.46. The van der Waals surface area contributed by atoms with Crippen LogP contribution >= 0.6 is 0 Å². The Kier molecular flexibility index (Phi) is 3.09. The number of fused-ring (bicyclic) bond motifs is 2. The molecule has 0 aliphatic heterocycles. The van der Waals surface area contributed by atoms with Crippen molar-refractivity contribution in [1.82, 2.24) is 9.88 Å². The number of nitrogens with one attached hydrogen (secondary N) is 1. The molecule has 1 N–H and O–H groups in total. The van der Waals surface area contributed by atoms with E-state index in [4.69, 9.17) is 4.52 Å². The third-order valence-electron chi connectivity index (χ3n) is 6.33. The standard InChI is InChI=1S/C15H24N2O3S/c1-9-13(10(2)20-16-9)21(18,19)17-12-8-11-6-7-15(12,5)14(11,3)4/h11-12,17H,6-8H2,1-5H3/t11-,12-,15-/m1/s1. The minimum atomic E-state index is -3.58. The zero-order valence-corrected chi connectivity index (χ0v) is 14.2. The Balaban J connectivity index is 1.92. The first-order valence-corrected chi connectivity index (χ1v) is 9.03. The van der Waals surface area contributed by atoms with E-state index in [1.165, 1.54) is 6.42 Å².